The minimum atomic E-state index is -1.51. The fraction of sp³-hybridized carbons (Fsp3) is 0.625. The lowest BCUT2D eigenvalue weighted by molar-refractivity contribution is 0.0477. The fourth-order valence-corrected chi connectivity index (χ4v) is 10.8. The molecular weight excluding hydrogens is 264 g/mol. The van der Waals surface area contributed by atoms with E-state index in [9.17, 15) is 0 Å². The highest BCUT2D eigenvalue weighted by atomic mass is 29.3. The number of benzene rings is 1. The fourth-order valence-electron chi connectivity index (χ4n) is 3.24. The first-order valence-electron chi connectivity index (χ1n) is 7.47. The first-order valence-corrected chi connectivity index (χ1v) is 14.6. The monoisotopic (exact) mass is 292 g/mol. The van der Waals surface area contributed by atoms with E-state index in [0.29, 0.717) is 5.92 Å². The van der Waals surface area contributed by atoms with Crippen LogP contribution in [0.3, 0.4) is 0 Å². The van der Waals surface area contributed by atoms with Gasteiger partial charge in [0, 0.05) is 5.92 Å². The van der Waals surface area contributed by atoms with Gasteiger partial charge in [0.05, 0.1) is 13.2 Å². The Bertz CT molecular complexity index is 441. The molecule has 1 nitrogen and oxygen atoms in total. The molecule has 0 aliphatic carbocycles. The van der Waals surface area contributed by atoms with Gasteiger partial charge in [0.1, 0.15) is 0 Å². The predicted molar refractivity (Wildman–Crippen MR) is 88.7 cm³/mol. The molecule has 106 valence electrons. The van der Waals surface area contributed by atoms with E-state index in [2.05, 4.69) is 70.4 Å². The van der Waals surface area contributed by atoms with Crippen LogP contribution in [0.4, 0.5) is 0 Å². The quantitative estimate of drug-likeness (QED) is 0.700. The summed E-state index contributed by atoms with van der Waals surface area (Å²) in [5, 5.41) is 0. The van der Waals surface area contributed by atoms with Crippen molar-refractivity contribution < 1.29 is 4.43 Å². The van der Waals surface area contributed by atoms with Gasteiger partial charge in [-0.3, -0.25) is 0 Å². The summed E-state index contributed by atoms with van der Waals surface area (Å²) in [7, 11) is -2.76. The van der Waals surface area contributed by atoms with Crippen molar-refractivity contribution in [3.05, 3.63) is 35.9 Å². The first-order chi connectivity index (χ1) is 8.72. The summed E-state index contributed by atoms with van der Waals surface area (Å²) in [6.45, 7) is 14.6. The lowest BCUT2D eigenvalue weighted by atomic mass is 9.83. The van der Waals surface area contributed by atoms with Crippen LogP contribution >= 0.6 is 0 Å². The van der Waals surface area contributed by atoms with Crippen LogP contribution in [-0.4, -0.2) is 21.0 Å². The van der Waals surface area contributed by atoms with Crippen LogP contribution in [0, 0.1) is 0 Å². The van der Waals surface area contributed by atoms with E-state index in [1.54, 1.807) is 0 Å². The van der Waals surface area contributed by atoms with Crippen molar-refractivity contribution >= 4 is 15.4 Å². The van der Waals surface area contributed by atoms with Crippen LogP contribution in [0.15, 0.2) is 30.3 Å². The molecule has 0 saturated carbocycles. The smallest absolute Gasteiger partial charge is 0.174 e. The molecule has 1 aliphatic heterocycles. The zero-order chi connectivity index (χ0) is 14.3. The lowest BCUT2D eigenvalue weighted by Crippen LogP contribution is -2.66. The van der Waals surface area contributed by atoms with E-state index < -0.39 is 15.4 Å². The Morgan fingerprint density at radius 1 is 1.16 bits per heavy atom. The van der Waals surface area contributed by atoms with Crippen molar-refractivity contribution in [3.63, 3.8) is 0 Å². The van der Waals surface area contributed by atoms with Crippen molar-refractivity contribution in [1.29, 1.82) is 0 Å². The average Bonchev–Trinajstić information content (AvgIpc) is 2.35. The van der Waals surface area contributed by atoms with E-state index in [-0.39, 0.29) is 5.60 Å². The van der Waals surface area contributed by atoms with Gasteiger partial charge < -0.3 is 4.43 Å². The molecule has 1 aromatic rings. The molecule has 3 heteroatoms. The molecule has 1 fully saturated rings. The standard InChI is InChI=1S/C16H28OSi2/c1-7-16(2)15(14-11-9-8-10-12-14)13-18(3,4)19(5,6)17-16/h8-12,15H,7,13H2,1-6H3. The van der Waals surface area contributed by atoms with Crippen LogP contribution in [0.2, 0.25) is 32.2 Å². The largest absolute Gasteiger partial charge is 0.414 e. The molecule has 0 N–H and O–H groups in total. The van der Waals surface area contributed by atoms with Gasteiger partial charge in [-0.2, -0.15) is 0 Å². The minimum absolute atomic E-state index is 0.0274. The molecule has 2 rings (SSSR count). The molecule has 0 amide bonds. The third-order valence-corrected chi connectivity index (χ3v) is 21.8. The van der Waals surface area contributed by atoms with Crippen LogP contribution in [0.5, 0.6) is 0 Å². The van der Waals surface area contributed by atoms with Gasteiger partial charge in [-0.15, -0.1) is 0 Å². The normalized spacial score (nSPS) is 33.1. The predicted octanol–water partition coefficient (Wildman–Crippen LogP) is 4.96. The molecule has 1 heterocycles. The molecule has 19 heavy (non-hydrogen) atoms. The number of hydrogen-bond donors (Lipinski definition) is 0. The van der Waals surface area contributed by atoms with Gasteiger partial charge in [0.25, 0.3) is 0 Å². The second-order valence-corrected chi connectivity index (χ2v) is 22.4. The van der Waals surface area contributed by atoms with Crippen molar-refractivity contribution in [2.24, 2.45) is 0 Å². The zero-order valence-electron chi connectivity index (χ0n) is 13.3. The van der Waals surface area contributed by atoms with Crippen molar-refractivity contribution in [3.8, 4) is 0 Å². The lowest BCUT2D eigenvalue weighted by Gasteiger charge is -2.55. The summed E-state index contributed by atoms with van der Waals surface area (Å²) >= 11 is 0. The molecule has 0 aromatic heterocycles. The molecule has 1 aromatic carbocycles. The van der Waals surface area contributed by atoms with E-state index in [1.165, 1.54) is 11.6 Å². The summed E-state index contributed by atoms with van der Waals surface area (Å²) < 4.78 is 6.79. The average molecular weight is 293 g/mol. The molecule has 2 unspecified atom stereocenters. The molecule has 2 atom stereocenters. The maximum atomic E-state index is 6.79. The topological polar surface area (TPSA) is 9.23 Å². The van der Waals surface area contributed by atoms with Crippen LogP contribution in [0.1, 0.15) is 31.7 Å². The molecule has 0 spiro atoms. The van der Waals surface area contributed by atoms with Gasteiger partial charge in [-0.25, -0.2) is 0 Å². The van der Waals surface area contributed by atoms with Gasteiger partial charge in [0.2, 0.25) is 0 Å². The third kappa shape index (κ3) is 2.60. The summed E-state index contributed by atoms with van der Waals surface area (Å²) in [4.78, 5) is 0. The SMILES string of the molecule is CCC1(C)O[Si](C)(C)[Si](C)(C)CC1c1ccccc1. The second kappa shape index (κ2) is 4.86. The number of hydrogen-bond acceptors (Lipinski definition) is 1. The van der Waals surface area contributed by atoms with Crippen molar-refractivity contribution in [2.45, 2.75) is 64.0 Å². The van der Waals surface area contributed by atoms with Crippen LogP contribution in [-0.2, 0) is 4.43 Å². The van der Waals surface area contributed by atoms with E-state index >= 15 is 0 Å². The second-order valence-electron chi connectivity index (χ2n) is 7.33. The Hall–Kier alpha value is -0.386. The highest BCUT2D eigenvalue weighted by Crippen LogP contribution is 2.48. The molecule has 0 bridgehead atoms. The maximum Gasteiger partial charge on any atom is 0.174 e. The Balaban J connectivity index is 2.42. The summed E-state index contributed by atoms with van der Waals surface area (Å²) in [6, 6.07) is 12.4. The first kappa shape index (κ1) is 15.0. The maximum absolute atomic E-state index is 6.79. The van der Waals surface area contributed by atoms with Gasteiger partial charge in [-0.05, 0) is 38.0 Å². The molecule has 0 radical (unpaired) electrons. The van der Waals surface area contributed by atoms with E-state index in [4.69, 9.17) is 4.43 Å². The Morgan fingerprint density at radius 3 is 2.26 bits per heavy atom. The highest BCUT2D eigenvalue weighted by Gasteiger charge is 2.55. The van der Waals surface area contributed by atoms with Gasteiger partial charge >= 0.3 is 0 Å². The summed E-state index contributed by atoms with van der Waals surface area (Å²) in [6.07, 6.45) is 1.10. The Kier molecular flexibility index (Phi) is 3.84. The molecular formula is C16H28OSi2. The summed E-state index contributed by atoms with van der Waals surface area (Å²) in [5.74, 6) is 0.570. The third-order valence-electron chi connectivity index (χ3n) is 5.47. The number of rotatable bonds is 2. The van der Waals surface area contributed by atoms with E-state index in [1.807, 2.05) is 0 Å². The molecule has 1 aliphatic rings. The van der Waals surface area contributed by atoms with Gasteiger partial charge in [0.15, 0.2) is 7.83 Å². The summed E-state index contributed by atoms with van der Waals surface area (Å²) in [5.41, 5.74) is 1.50. The van der Waals surface area contributed by atoms with Crippen LogP contribution < -0.4 is 0 Å². The Labute approximate surface area is 120 Å². The zero-order valence-corrected chi connectivity index (χ0v) is 15.3. The molecule has 1 saturated heterocycles. The highest BCUT2D eigenvalue weighted by molar-refractivity contribution is 7.38. The van der Waals surface area contributed by atoms with Gasteiger partial charge in [-0.1, -0.05) is 50.3 Å². The van der Waals surface area contributed by atoms with Crippen molar-refractivity contribution in [1.82, 2.24) is 0 Å². The van der Waals surface area contributed by atoms with E-state index in [0.717, 1.165) is 6.42 Å². The van der Waals surface area contributed by atoms with Crippen LogP contribution in [0.25, 0.3) is 0 Å². The Morgan fingerprint density at radius 2 is 1.74 bits per heavy atom. The minimum Gasteiger partial charge on any atom is -0.414 e. The van der Waals surface area contributed by atoms with Crippen molar-refractivity contribution in [2.75, 3.05) is 0 Å².